The van der Waals surface area contributed by atoms with Crippen LogP contribution in [0.15, 0.2) is 46.9 Å². The Labute approximate surface area is 178 Å². The summed E-state index contributed by atoms with van der Waals surface area (Å²) in [6, 6.07) is 12.4. The number of rotatable bonds is 4. The molecule has 0 unspecified atom stereocenters. The lowest BCUT2D eigenvalue weighted by Gasteiger charge is -2.15. The maximum atomic E-state index is 12.7. The summed E-state index contributed by atoms with van der Waals surface area (Å²) in [6.45, 7) is 0. The molecule has 1 fully saturated rings. The summed E-state index contributed by atoms with van der Waals surface area (Å²) in [5.74, 6) is -0.671. The fraction of sp³-hybridized carbons (Fsp3) is 0.261. The highest BCUT2D eigenvalue weighted by molar-refractivity contribution is 6.20. The van der Waals surface area contributed by atoms with Crippen molar-refractivity contribution in [2.24, 2.45) is 0 Å². The molecule has 8 heteroatoms. The third-order valence-electron chi connectivity index (χ3n) is 5.66. The van der Waals surface area contributed by atoms with Gasteiger partial charge in [-0.3, -0.25) is 24.6 Å². The number of imide groups is 1. The molecule has 156 valence electrons. The molecule has 5 rings (SSSR count). The summed E-state index contributed by atoms with van der Waals surface area (Å²) < 4.78 is 5.64. The van der Waals surface area contributed by atoms with Crippen LogP contribution in [-0.4, -0.2) is 27.9 Å². The van der Waals surface area contributed by atoms with E-state index in [1.807, 2.05) is 6.07 Å². The second-order valence-electron chi connectivity index (χ2n) is 7.73. The summed E-state index contributed by atoms with van der Waals surface area (Å²) in [5.41, 5.74) is 4.13. The fourth-order valence-electron chi connectivity index (χ4n) is 4.08. The van der Waals surface area contributed by atoms with Crippen molar-refractivity contribution in [3.05, 3.63) is 59.2 Å². The first-order valence-electron chi connectivity index (χ1n) is 10.3. The van der Waals surface area contributed by atoms with Gasteiger partial charge in [-0.15, -0.1) is 5.10 Å². The minimum absolute atomic E-state index is 0.0172. The van der Waals surface area contributed by atoms with Gasteiger partial charge in [0.15, 0.2) is 0 Å². The van der Waals surface area contributed by atoms with Crippen LogP contribution in [0.1, 0.15) is 47.2 Å². The molecule has 1 N–H and O–H groups in total. The molecular formula is C23H20N4O4. The van der Waals surface area contributed by atoms with Crippen molar-refractivity contribution in [1.29, 1.82) is 0 Å². The van der Waals surface area contributed by atoms with E-state index in [-0.39, 0.29) is 36.2 Å². The summed E-state index contributed by atoms with van der Waals surface area (Å²) >= 11 is 0. The number of aryl methyl sites for hydroxylation is 2. The van der Waals surface area contributed by atoms with Crippen LogP contribution in [0.5, 0.6) is 0 Å². The van der Waals surface area contributed by atoms with Crippen LogP contribution in [-0.2, 0) is 22.4 Å². The van der Waals surface area contributed by atoms with Gasteiger partial charge in [0, 0.05) is 24.0 Å². The lowest BCUT2D eigenvalue weighted by molar-refractivity contribution is -0.121. The van der Waals surface area contributed by atoms with Crippen molar-refractivity contribution in [2.75, 3.05) is 10.2 Å². The second kappa shape index (κ2) is 7.79. The Kier molecular flexibility index (Phi) is 4.82. The van der Waals surface area contributed by atoms with Crippen LogP contribution in [0.4, 0.5) is 11.7 Å². The zero-order valence-electron chi connectivity index (χ0n) is 16.8. The number of benzene rings is 2. The van der Waals surface area contributed by atoms with Crippen molar-refractivity contribution < 1.29 is 18.8 Å². The van der Waals surface area contributed by atoms with Gasteiger partial charge in [0.25, 0.3) is 5.91 Å². The zero-order chi connectivity index (χ0) is 21.4. The topological polar surface area (TPSA) is 105 Å². The first-order valence-corrected chi connectivity index (χ1v) is 10.3. The summed E-state index contributed by atoms with van der Waals surface area (Å²) in [6.07, 6.45) is 4.89. The van der Waals surface area contributed by atoms with Gasteiger partial charge in [0.2, 0.25) is 17.7 Å². The average Bonchev–Trinajstić information content (AvgIpc) is 3.39. The first kappa shape index (κ1) is 19.2. The van der Waals surface area contributed by atoms with Crippen LogP contribution < -0.4 is 10.2 Å². The molecule has 0 saturated carbocycles. The Hall–Kier alpha value is -3.81. The molecule has 3 amide bonds. The number of nitrogens with zero attached hydrogens (tertiary/aromatic N) is 3. The predicted molar refractivity (Wildman–Crippen MR) is 112 cm³/mol. The number of amides is 3. The first-order chi connectivity index (χ1) is 15.1. The number of carbonyl (C=O) groups is 3. The molecule has 1 aliphatic heterocycles. The number of fused-ring (bicyclic) bond motifs is 1. The van der Waals surface area contributed by atoms with E-state index in [4.69, 9.17) is 4.42 Å². The summed E-state index contributed by atoms with van der Waals surface area (Å²) in [5, 5.41) is 10.6. The van der Waals surface area contributed by atoms with Crippen LogP contribution in [0.2, 0.25) is 0 Å². The van der Waals surface area contributed by atoms with Gasteiger partial charge in [-0.2, -0.15) is 0 Å². The highest BCUT2D eigenvalue weighted by Crippen LogP contribution is 2.28. The Morgan fingerprint density at radius 3 is 2.48 bits per heavy atom. The zero-order valence-corrected chi connectivity index (χ0v) is 16.8. The Morgan fingerprint density at radius 2 is 1.68 bits per heavy atom. The fourth-order valence-corrected chi connectivity index (χ4v) is 4.08. The molecule has 31 heavy (non-hydrogen) atoms. The number of anilines is 2. The number of carbonyl (C=O) groups excluding carboxylic acids is 3. The molecule has 0 bridgehead atoms. The smallest absolute Gasteiger partial charge is 0.322 e. The number of hydrogen-bond acceptors (Lipinski definition) is 6. The van der Waals surface area contributed by atoms with Crippen molar-refractivity contribution in [3.8, 4) is 11.5 Å². The lowest BCUT2D eigenvalue weighted by atomic mass is 9.90. The quantitative estimate of drug-likeness (QED) is 0.653. The van der Waals surface area contributed by atoms with Gasteiger partial charge >= 0.3 is 6.01 Å². The minimum atomic E-state index is -0.471. The standard InChI is InChI=1S/C23H20N4O4/c28-19-10-11-20(29)27(19)18-7-3-6-16(13-18)21(30)24-23-26-25-22(31-23)17-9-8-14-4-1-2-5-15(14)12-17/h3,6-9,12-13H,1-2,4-5,10-11H2,(H,24,26,30). The van der Waals surface area contributed by atoms with E-state index in [1.54, 1.807) is 18.2 Å². The van der Waals surface area contributed by atoms with E-state index >= 15 is 0 Å². The molecule has 0 spiro atoms. The SMILES string of the molecule is O=C(Nc1nnc(-c2ccc3c(c2)CCCC3)o1)c1cccc(N2C(=O)CCC2=O)c1. The van der Waals surface area contributed by atoms with E-state index in [0.717, 1.165) is 23.3 Å². The Morgan fingerprint density at radius 1 is 0.903 bits per heavy atom. The minimum Gasteiger partial charge on any atom is -0.403 e. The molecule has 0 atom stereocenters. The maximum absolute atomic E-state index is 12.7. The van der Waals surface area contributed by atoms with E-state index in [9.17, 15) is 14.4 Å². The van der Waals surface area contributed by atoms with Gasteiger partial charge in [-0.05, 0) is 67.1 Å². The van der Waals surface area contributed by atoms with E-state index < -0.39 is 5.91 Å². The van der Waals surface area contributed by atoms with Crippen LogP contribution in [0, 0.1) is 0 Å². The molecule has 1 saturated heterocycles. The summed E-state index contributed by atoms with van der Waals surface area (Å²) in [4.78, 5) is 37.7. The van der Waals surface area contributed by atoms with Crippen molar-refractivity contribution in [2.45, 2.75) is 38.5 Å². The summed E-state index contributed by atoms with van der Waals surface area (Å²) in [7, 11) is 0. The maximum Gasteiger partial charge on any atom is 0.322 e. The van der Waals surface area contributed by atoms with Crippen LogP contribution in [0.25, 0.3) is 11.5 Å². The molecule has 1 aliphatic carbocycles. The molecule has 2 aliphatic rings. The molecule has 1 aromatic heterocycles. The van der Waals surface area contributed by atoms with Gasteiger partial charge in [-0.25, -0.2) is 0 Å². The molecule has 2 heterocycles. The predicted octanol–water partition coefficient (Wildman–Crippen LogP) is 3.52. The third kappa shape index (κ3) is 3.72. The number of nitrogens with one attached hydrogen (secondary N) is 1. The average molecular weight is 416 g/mol. The van der Waals surface area contributed by atoms with Crippen LogP contribution >= 0.6 is 0 Å². The third-order valence-corrected chi connectivity index (χ3v) is 5.66. The van der Waals surface area contributed by atoms with Gasteiger partial charge in [-0.1, -0.05) is 17.2 Å². The van der Waals surface area contributed by atoms with E-state index in [0.29, 0.717) is 11.6 Å². The largest absolute Gasteiger partial charge is 0.403 e. The second-order valence-corrected chi connectivity index (χ2v) is 7.73. The van der Waals surface area contributed by atoms with Gasteiger partial charge in [0.05, 0.1) is 5.69 Å². The van der Waals surface area contributed by atoms with Crippen molar-refractivity contribution in [3.63, 3.8) is 0 Å². The van der Waals surface area contributed by atoms with Gasteiger partial charge < -0.3 is 4.42 Å². The monoisotopic (exact) mass is 416 g/mol. The highest BCUT2D eigenvalue weighted by Gasteiger charge is 2.30. The Bertz CT molecular complexity index is 1180. The normalized spacial score (nSPS) is 15.8. The lowest BCUT2D eigenvalue weighted by Crippen LogP contribution is -2.28. The Balaban J connectivity index is 1.33. The van der Waals surface area contributed by atoms with E-state index in [1.165, 1.54) is 30.0 Å². The number of aromatic nitrogens is 2. The molecule has 0 radical (unpaired) electrons. The molecule has 3 aromatic rings. The van der Waals surface area contributed by atoms with E-state index in [2.05, 4.69) is 27.6 Å². The van der Waals surface area contributed by atoms with Crippen molar-refractivity contribution in [1.82, 2.24) is 10.2 Å². The van der Waals surface area contributed by atoms with Crippen LogP contribution in [0.3, 0.4) is 0 Å². The highest BCUT2D eigenvalue weighted by atomic mass is 16.4. The molecule has 2 aromatic carbocycles. The number of hydrogen-bond donors (Lipinski definition) is 1. The molecular weight excluding hydrogens is 396 g/mol. The van der Waals surface area contributed by atoms with Gasteiger partial charge in [0.1, 0.15) is 0 Å². The van der Waals surface area contributed by atoms with Crippen molar-refractivity contribution >= 4 is 29.4 Å². The molecule has 8 nitrogen and oxygen atoms in total.